The van der Waals surface area contributed by atoms with Crippen molar-refractivity contribution in [2.75, 3.05) is 19.0 Å². The van der Waals surface area contributed by atoms with Crippen LogP contribution in [0.4, 0.5) is 5.69 Å². The standard InChI is InChI=1S/C16H16N2O/c1-10-11-8-9-14(17(2)3)12-6-5-7-13(15(11)12)16(19)18(10)4/h5-9H,1H2,2-4H3. The summed E-state index contributed by atoms with van der Waals surface area (Å²) in [6, 6.07) is 10.0. The van der Waals surface area contributed by atoms with E-state index < -0.39 is 0 Å². The number of anilines is 1. The summed E-state index contributed by atoms with van der Waals surface area (Å²) in [5.74, 6) is 0. The number of nitrogens with zero attached hydrogens (tertiary/aromatic N) is 2. The molecule has 0 saturated carbocycles. The quantitative estimate of drug-likeness (QED) is 0.661. The lowest BCUT2D eigenvalue weighted by atomic mass is 10.0. The molecule has 0 bridgehead atoms. The largest absolute Gasteiger partial charge is 0.377 e. The van der Waals surface area contributed by atoms with E-state index in [4.69, 9.17) is 0 Å². The maximum atomic E-state index is 12.3. The number of rotatable bonds is 1. The van der Waals surface area contributed by atoms with E-state index in [0.717, 1.165) is 32.6 Å². The molecule has 0 fully saturated rings. The first-order valence-electron chi connectivity index (χ1n) is 6.22. The molecule has 0 atom stereocenters. The topological polar surface area (TPSA) is 25.2 Å². The SMILES string of the molecule is C=c1c2ccc(N(C)C)c3cccc(c(=O)n1C)c32. The number of hydrogen-bond donors (Lipinski definition) is 0. The van der Waals surface area contributed by atoms with E-state index in [2.05, 4.69) is 23.6 Å². The van der Waals surface area contributed by atoms with Gasteiger partial charge in [-0.25, -0.2) is 0 Å². The molecule has 2 aromatic carbocycles. The van der Waals surface area contributed by atoms with Crippen LogP contribution in [0.2, 0.25) is 0 Å². The fourth-order valence-corrected chi connectivity index (χ4v) is 2.68. The molecule has 3 aromatic rings. The van der Waals surface area contributed by atoms with Crippen LogP contribution in [0.3, 0.4) is 0 Å². The molecule has 96 valence electrons. The van der Waals surface area contributed by atoms with E-state index in [0.29, 0.717) is 0 Å². The highest BCUT2D eigenvalue weighted by molar-refractivity contribution is 6.14. The van der Waals surface area contributed by atoms with Gasteiger partial charge in [-0.2, -0.15) is 0 Å². The zero-order valence-corrected chi connectivity index (χ0v) is 11.4. The van der Waals surface area contributed by atoms with Gasteiger partial charge in [-0.3, -0.25) is 4.79 Å². The van der Waals surface area contributed by atoms with E-state index >= 15 is 0 Å². The fraction of sp³-hybridized carbons (Fsp3) is 0.188. The number of aromatic nitrogens is 1. The first-order valence-corrected chi connectivity index (χ1v) is 6.22. The van der Waals surface area contributed by atoms with Crippen LogP contribution in [-0.2, 0) is 7.05 Å². The van der Waals surface area contributed by atoms with Crippen molar-refractivity contribution in [1.29, 1.82) is 0 Å². The lowest BCUT2D eigenvalue weighted by Gasteiger charge is -2.18. The minimum atomic E-state index is 0.0130. The van der Waals surface area contributed by atoms with Gasteiger partial charge in [-0.15, -0.1) is 0 Å². The average molecular weight is 252 g/mol. The average Bonchev–Trinajstić information content (AvgIpc) is 2.41. The molecular weight excluding hydrogens is 236 g/mol. The Morgan fingerprint density at radius 1 is 1.05 bits per heavy atom. The van der Waals surface area contributed by atoms with Crippen molar-refractivity contribution in [3.05, 3.63) is 46.0 Å². The highest BCUT2D eigenvalue weighted by Gasteiger charge is 2.12. The molecule has 3 heteroatoms. The third-order valence-electron chi connectivity index (χ3n) is 3.75. The fourth-order valence-electron chi connectivity index (χ4n) is 2.68. The summed E-state index contributed by atoms with van der Waals surface area (Å²) in [4.78, 5) is 14.4. The molecule has 0 aliphatic rings. The van der Waals surface area contributed by atoms with Gasteiger partial charge >= 0.3 is 0 Å². The van der Waals surface area contributed by atoms with Crippen molar-refractivity contribution >= 4 is 33.8 Å². The molecule has 3 rings (SSSR count). The minimum absolute atomic E-state index is 0.0130. The molecule has 0 N–H and O–H groups in total. The normalized spacial score (nSPS) is 11.3. The summed E-state index contributed by atoms with van der Waals surface area (Å²) in [6.45, 7) is 4.04. The highest BCUT2D eigenvalue weighted by atomic mass is 16.1. The maximum absolute atomic E-state index is 12.3. The van der Waals surface area contributed by atoms with E-state index in [-0.39, 0.29) is 5.56 Å². The van der Waals surface area contributed by atoms with Crippen LogP contribution in [-0.4, -0.2) is 18.7 Å². The predicted molar refractivity (Wildman–Crippen MR) is 81.8 cm³/mol. The second-order valence-electron chi connectivity index (χ2n) is 5.07. The van der Waals surface area contributed by atoms with Crippen LogP contribution in [0, 0.1) is 0 Å². The molecule has 1 heterocycles. The van der Waals surface area contributed by atoms with Crippen molar-refractivity contribution < 1.29 is 0 Å². The Morgan fingerprint density at radius 3 is 2.42 bits per heavy atom. The first-order chi connectivity index (χ1) is 9.02. The summed E-state index contributed by atoms with van der Waals surface area (Å²) in [5.41, 5.74) is 1.13. The van der Waals surface area contributed by atoms with Crippen molar-refractivity contribution in [3.63, 3.8) is 0 Å². The van der Waals surface area contributed by atoms with Gasteiger partial charge in [-0.1, -0.05) is 24.8 Å². The Morgan fingerprint density at radius 2 is 1.74 bits per heavy atom. The molecule has 0 aliphatic heterocycles. The van der Waals surface area contributed by atoms with Gasteiger partial charge in [0, 0.05) is 53.7 Å². The maximum Gasteiger partial charge on any atom is 0.258 e. The van der Waals surface area contributed by atoms with E-state index in [1.165, 1.54) is 0 Å². The summed E-state index contributed by atoms with van der Waals surface area (Å²) in [7, 11) is 5.79. The van der Waals surface area contributed by atoms with Gasteiger partial charge in [0.25, 0.3) is 5.56 Å². The lowest BCUT2D eigenvalue weighted by molar-refractivity contribution is 0.849. The van der Waals surface area contributed by atoms with Gasteiger partial charge < -0.3 is 9.47 Å². The second kappa shape index (κ2) is 3.85. The lowest BCUT2D eigenvalue weighted by Crippen LogP contribution is -2.30. The smallest absolute Gasteiger partial charge is 0.258 e. The summed E-state index contributed by atoms with van der Waals surface area (Å²) < 4.78 is 1.62. The Labute approximate surface area is 111 Å². The van der Waals surface area contributed by atoms with Crippen LogP contribution in [0.25, 0.3) is 28.1 Å². The number of pyridine rings is 1. The predicted octanol–water partition coefficient (Wildman–Crippen LogP) is 1.89. The van der Waals surface area contributed by atoms with E-state index in [1.54, 1.807) is 11.6 Å². The summed E-state index contributed by atoms with van der Waals surface area (Å²) in [5, 5.41) is 4.67. The Kier molecular flexibility index (Phi) is 2.39. The third-order valence-corrected chi connectivity index (χ3v) is 3.75. The molecule has 19 heavy (non-hydrogen) atoms. The van der Waals surface area contributed by atoms with Crippen LogP contribution < -0.4 is 15.8 Å². The van der Waals surface area contributed by atoms with Crippen molar-refractivity contribution in [2.24, 2.45) is 7.05 Å². The molecule has 3 nitrogen and oxygen atoms in total. The summed E-state index contributed by atoms with van der Waals surface area (Å²) in [6.07, 6.45) is 0. The van der Waals surface area contributed by atoms with Gasteiger partial charge in [-0.05, 0) is 12.1 Å². The van der Waals surface area contributed by atoms with Gasteiger partial charge in [0.05, 0.1) is 0 Å². The molecule has 0 amide bonds. The van der Waals surface area contributed by atoms with Crippen molar-refractivity contribution in [3.8, 4) is 0 Å². The molecular formula is C16H16N2O. The zero-order valence-electron chi connectivity index (χ0n) is 11.4. The van der Waals surface area contributed by atoms with E-state index in [1.807, 2.05) is 32.3 Å². The zero-order chi connectivity index (χ0) is 13.7. The van der Waals surface area contributed by atoms with Crippen LogP contribution >= 0.6 is 0 Å². The van der Waals surface area contributed by atoms with Crippen LogP contribution in [0.5, 0.6) is 0 Å². The Balaban J connectivity index is 2.71. The van der Waals surface area contributed by atoms with Crippen molar-refractivity contribution in [1.82, 2.24) is 4.57 Å². The number of hydrogen-bond acceptors (Lipinski definition) is 2. The first kappa shape index (κ1) is 11.8. The second-order valence-corrected chi connectivity index (χ2v) is 5.07. The van der Waals surface area contributed by atoms with Crippen molar-refractivity contribution in [2.45, 2.75) is 0 Å². The monoisotopic (exact) mass is 252 g/mol. The summed E-state index contributed by atoms with van der Waals surface area (Å²) >= 11 is 0. The molecule has 1 aromatic heterocycles. The van der Waals surface area contributed by atoms with Crippen LogP contribution in [0.1, 0.15) is 0 Å². The molecule has 0 aliphatic carbocycles. The van der Waals surface area contributed by atoms with Gasteiger partial charge in [0.15, 0.2) is 0 Å². The number of benzene rings is 2. The molecule has 0 spiro atoms. The Hall–Kier alpha value is -2.29. The van der Waals surface area contributed by atoms with E-state index in [9.17, 15) is 4.79 Å². The highest BCUT2D eigenvalue weighted by Crippen LogP contribution is 2.30. The molecule has 0 radical (unpaired) electrons. The molecule has 0 unspecified atom stereocenters. The molecule has 0 saturated heterocycles. The van der Waals surface area contributed by atoms with Gasteiger partial charge in [0.1, 0.15) is 0 Å². The minimum Gasteiger partial charge on any atom is -0.377 e. The Bertz CT molecular complexity index is 858. The van der Waals surface area contributed by atoms with Crippen LogP contribution in [0.15, 0.2) is 35.1 Å². The van der Waals surface area contributed by atoms with Gasteiger partial charge in [0.2, 0.25) is 0 Å². The third kappa shape index (κ3) is 1.48.